The SMILES string of the molecule is Cc1csc(CNC2CCC2)n1. The summed E-state index contributed by atoms with van der Waals surface area (Å²) in [5, 5.41) is 6.83. The zero-order valence-corrected chi connectivity index (χ0v) is 8.16. The van der Waals surface area contributed by atoms with Gasteiger partial charge in [0.1, 0.15) is 5.01 Å². The van der Waals surface area contributed by atoms with Gasteiger partial charge in [-0.3, -0.25) is 0 Å². The Bertz CT molecular complexity index is 253. The van der Waals surface area contributed by atoms with Gasteiger partial charge in [-0.05, 0) is 19.8 Å². The van der Waals surface area contributed by atoms with E-state index in [1.54, 1.807) is 11.3 Å². The minimum absolute atomic E-state index is 0.772. The van der Waals surface area contributed by atoms with Crippen LogP contribution in [-0.4, -0.2) is 11.0 Å². The first-order valence-electron chi connectivity index (χ1n) is 4.49. The third kappa shape index (κ3) is 1.84. The topological polar surface area (TPSA) is 24.9 Å². The molecule has 2 nitrogen and oxygen atoms in total. The average molecular weight is 182 g/mol. The van der Waals surface area contributed by atoms with Crippen LogP contribution in [0.3, 0.4) is 0 Å². The summed E-state index contributed by atoms with van der Waals surface area (Å²) >= 11 is 1.75. The number of aryl methyl sites for hydroxylation is 1. The maximum Gasteiger partial charge on any atom is 0.107 e. The third-order valence-corrected chi connectivity index (χ3v) is 3.28. The molecule has 0 aliphatic heterocycles. The summed E-state index contributed by atoms with van der Waals surface area (Å²) in [5.74, 6) is 0. The van der Waals surface area contributed by atoms with Crippen LogP contribution in [0.5, 0.6) is 0 Å². The molecular formula is C9H14N2S. The minimum atomic E-state index is 0.772. The predicted molar refractivity (Wildman–Crippen MR) is 51.3 cm³/mol. The molecule has 12 heavy (non-hydrogen) atoms. The Morgan fingerprint density at radius 3 is 3.00 bits per heavy atom. The van der Waals surface area contributed by atoms with E-state index in [2.05, 4.69) is 15.7 Å². The fourth-order valence-corrected chi connectivity index (χ4v) is 2.05. The van der Waals surface area contributed by atoms with Crippen molar-refractivity contribution in [3.8, 4) is 0 Å². The van der Waals surface area contributed by atoms with Crippen LogP contribution in [0.1, 0.15) is 30.0 Å². The molecule has 1 N–H and O–H groups in total. The van der Waals surface area contributed by atoms with Crippen LogP contribution in [0.2, 0.25) is 0 Å². The molecule has 1 aromatic rings. The second-order valence-corrected chi connectivity index (χ2v) is 4.33. The van der Waals surface area contributed by atoms with Crippen molar-refractivity contribution in [3.05, 3.63) is 16.1 Å². The lowest BCUT2D eigenvalue weighted by Crippen LogP contribution is -2.34. The highest BCUT2D eigenvalue weighted by atomic mass is 32.1. The Hall–Kier alpha value is -0.410. The van der Waals surface area contributed by atoms with Crippen molar-refractivity contribution in [1.29, 1.82) is 0 Å². The van der Waals surface area contributed by atoms with E-state index in [1.165, 1.54) is 24.3 Å². The van der Waals surface area contributed by atoms with E-state index in [0.717, 1.165) is 18.3 Å². The molecule has 66 valence electrons. The van der Waals surface area contributed by atoms with Gasteiger partial charge in [-0.25, -0.2) is 4.98 Å². The summed E-state index contributed by atoms with van der Waals surface area (Å²) in [6.45, 7) is 3.01. The Labute approximate surface area is 77.0 Å². The molecular weight excluding hydrogens is 168 g/mol. The molecule has 0 amide bonds. The molecule has 1 fully saturated rings. The summed E-state index contributed by atoms with van der Waals surface area (Å²) in [6, 6.07) is 0.772. The zero-order valence-electron chi connectivity index (χ0n) is 7.34. The number of rotatable bonds is 3. The Morgan fingerprint density at radius 1 is 1.67 bits per heavy atom. The molecule has 1 aliphatic carbocycles. The monoisotopic (exact) mass is 182 g/mol. The fraction of sp³-hybridized carbons (Fsp3) is 0.667. The predicted octanol–water partition coefficient (Wildman–Crippen LogP) is 2.09. The summed E-state index contributed by atoms with van der Waals surface area (Å²) < 4.78 is 0. The van der Waals surface area contributed by atoms with Crippen LogP contribution in [0, 0.1) is 6.92 Å². The molecule has 0 radical (unpaired) electrons. The molecule has 0 spiro atoms. The van der Waals surface area contributed by atoms with Crippen LogP contribution in [0.15, 0.2) is 5.38 Å². The van der Waals surface area contributed by atoms with Crippen molar-refractivity contribution in [1.82, 2.24) is 10.3 Å². The van der Waals surface area contributed by atoms with Crippen LogP contribution in [0.4, 0.5) is 0 Å². The minimum Gasteiger partial charge on any atom is -0.308 e. The first kappa shape index (κ1) is 8.20. The van der Waals surface area contributed by atoms with Gasteiger partial charge in [0.25, 0.3) is 0 Å². The highest BCUT2D eigenvalue weighted by Crippen LogP contribution is 2.19. The van der Waals surface area contributed by atoms with E-state index in [0.29, 0.717) is 0 Å². The molecule has 1 saturated carbocycles. The summed E-state index contributed by atoms with van der Waals surface area (Å²) in [7, 11) is 0. The molecule has 1 heterocycles. The van der Waals surface area contributed by atoms with E-state index in [4.69, 9.17) is 0 Å². The lowest BCUT2D eigenvalue weighted by Gasteiger charge is -2.25. The number of nitrogens with zero attached hydrogens (tertiary/aromatic N) is 1. The Balaban J connectivity index is 1.79. The Kier molecular flexibility index (Phi) is 2.42. The van der Waals surface area contributed by atoms with Crippen molar-refractivity contribution < 1.29 is 0 Å². The number of thiazole rings is 1. The maximum atomic E-state index is 4.40. The summed E-state index contributed by atoms with van der Waals surface area (Å²) in [4.78, 5) is 4.40. The van der Waals surface area contributed by atoms with Gasteiger partial charge in [0, 0.05) is 23.7 Å². The van der Waals surface area contributed by atoms with Crippen LogP contribution in [0.25, 0.3) is 0 Å². The molecule has 0 atom stereocenters. The second-order valence-electron chi connectivity index (χ2n) is 3.39. The van der Waals surface area contributed by atoms with E-state index >= 15 is 0 Å². The van der Waals surface area contributed by atoms with Crippen LogP contribution in [-0.2, 0) is 6.54 Å². The average Bonchev–Trinajstić information content (AvgIpc) is 2.32. The first-order valence-corrected chi connectivity index (χ1v) is 5.37. The molecule has 3 heteroatoms. The normalized spacial score (nSPS) is 17.8. The fourth-order valence-electron chi connectivity index (χ4n) is 1.33. The molecule has 0 unspecified atom stereocenters. The van der Waals surface area contributed by atoms with Crippen molar-refractivity contribution in [3.63, 3.8) is 0 Å². The molecule has 0 bridgehead atoms. The molecule has 1 aromatic heterocycles. The van der Waals surface area contributed by atoms with E-state index in [1.807, 2.05) is 6.92 Å². The molecule has 2 rings (SSSR count). The standard InChI is InChI=1S/C9H14N2S/c1-7-6-12-9(11-7)5-10-8-3-2-4-8/h6,8,10H,2-5H2,1H3. The van der Waals surface area contributed by atoms with Gasteiger partial charge in [0.05, 0.1) is 0 Å². The van der Waals surface area contributed by atoms with Crippen molar-refractivity contribution in [2.24, 2.45) is 0 Å². The van der Waals surface area contributed by atoms with E-state index in [-0.39, 0.29) is 0 Å². The van der Waals surface area contributed by atoms with Crippen LogP contribution >= 0.6 is 11.3 Å². The van der Waals surface area contributed by atoms with Gasteiger partial charge in [0.15, 0.2) is 0 Å². The van der Waals surface area contributed by atoms with Gasteiger partial charge in [-0.1, -0.05) is 6.42 Å². The molecule has 1 aliphatic rings. The lowest BCUT2D eigenvalue weighted by molar-refractivity contribution is 0.338. The van der Waals surface area contributed by atoms with Gasteiger partial charge in [-0.15, -0.1) is 11.3 Å². The van der Waals surface area contributed by atoms with E-state index < -0.39 is 0 Å². The van der Waals surface area contributed by atoms with Gasteiger partial charge in [0.2, 0.25) is 0 Å². The summed E-state index contributed by atoms with van der Waals surface area (Å²) in [5.41, 5.74) is 1.14. The van der Waals surface area contributed by atoms with Crippen molar-refractivity contribution in [2.45, 2.75) is 38.8 Å². The van der Waals surface area contributed by atoms with Gasteiger partial charge >= 0.3 is 0 Å². The molecule has 0 saturated heterocycles. The second kappa shape index (κ2) is 3.54. The maximum absolute atomic E-state index is 4.40. The van der Waals surface area contributed by atoms with Crippen molar-refractivity contribution >= 4 is 11.3 Å². The number of hydrogen-bond donors (Lipinski definition) is 1. The number of nitrogens with one attached hydrogen (secondary N) is 1. The van der Waals surface area contributed by atoms with Crippen molar-refractivity contribution in [2.75, 3.05) is 0 Å². The zero-order chi connectivity index (χ0) is 8.39. The molecule has 0 aromatic carbocycles. The smallest absolute Gasteiger partial charge is 0.107 e. The number of hydrogen-bond acceptors (Lipinski definition) is 3. The highest BCUT2D eigenvalue weighted by molar-refractivity contribution is 7.09. The lowest BCUT2D eigenvalue weighted by atomic mass is 9.93. The summed E-state index contributed by atoms with van der Waals surface area (Å²) in [6.07, 6.45) is 4.10. The van der Waals surface area contributed by atoms with Gasteiger partial charge in [-0.2, -0.15) is 0 Å². The number of aromatic nitrogens is 1. The first-order chi connectivity index (χ1) is 5.84. The van der Waals surface area contributed by atoms with Crippen LogP contribution < -0.4 is 5.32 Å². The van der Waals surface area contributed by atoms with Gasteiger partial charge < -0.3 is 5.32 Å². The largest absolute Gasteiger partial charge is 0.308 e. The van der Waals surface area contributed by atoms with E-state index in [9.17, 15) is 0 Å². The highest BCUT2D eigenvalue weighted by Gasteiger charge is 2.16. The third-order valence-electron chi connectivity index (χ3n) is 2.31. The Morgan fingerprint density at radius 2 is 2.50 bits per heavy atom. The quantitative estimate of drug-likeness (QED) is 0.774.